The minimum Gasteiger partial charge on any atom is -0.510 e. The third kappa shape index (κ3) is 5.31. The standard InChI is InChI=1S/C34H42N4O7S/c1-33(2,3)46-22-11-9-8-10-16(22)15-36-20-14-21(37(4)5)18-12-17-13-19-26(38(6)7)29(41)25(32(35)44)31(43)34(19,45)30(42)23(17)28(40)24(18)27(20)39/h8-11,14,17,19,26,36,39,41-42,45H,12-13,15H2,1-7H3,(H2,35,44). The number of hydrogen-bond acceptors (Lipinski definition) is 11. The van der Waals surface area contributed by atoms with Crippen LogP contribution < -0.4 is 16.0 Å². The van der Waals surface area contributed by atoms with Crippen molar-refractivity contribution in [3.05, 3.63) is 69.7 Å². The molecule has 0 fully saturated rings. The number of Topliss-reactive ketones (excluding diaryl/α,β-unsaturated/α-hetero) is 2. The topological polar surface area (TPSA) is 177 Å². The van der Waals surface area contributed by atoms with E-state index in [-0.39, 0.29) is 34.5 Å². The second-order valence-corrected chi connectivity index (χ2v) is 15.5. The van der Waals surface area contributed by atoms with Crippen molar-refractivity contribution in [2.45, 2.75) is 61.4 Å². The largest absolute Gasteiger partial charge is 0.510 e. The average molecular weight is 651 g/mol. The van der Waals surface area contributed by atoms with Crippen molar-refractivity contribution in [1.82, 2.24) is 4.90 Å². The maximum Gasteiger partial charge on any atom is 0.255 e. The number of allylic oxidation sites excluding steroid dienone is 1. The van der Waals surface area contributed by atoms with Crippen LogP contribution in [0.15, 0.2) is 57.9 Å². The number of amides is 1. The van der Waals surface area contributed by atoms with Crippen molar-refractivity contribution in [1.29, 1.82) is 0 Å². The third-order valence-electron chi connectivity index (χ3n) is 9.04. The Morgan fingerprint density at radius 2 is 1.76 bits per heavy atom. The number of nitrogens with one attached hydrogen (secondary N) is 1. The van der Waals surface area contributed by atoms with E-state index in [9.17, 15) is 34.8 Å². The summed E-state index contributed by atoms with van der Waals surface area (Å²) >= 11 is 1.72. The Morgan fingerprint density at radius 1 is 1.11 bits per heavy atom. The van der Waals surface area contributed by atoms with E-state index in [2.05, 4.69) is 26.1 Å². The lowest BCUT2D eigenvalue weighted by Gasteiger charge is -2.50. The van der Waals surface area contributed by atoms with Crippen LogP contribution in [0.1, 0.15) is 48.7 Å². The zero-order valence-corrected chi connectivity index (χ0v) is 28.0. The number of aliphatic hydroxyl groups is 3. The second kappa shape index (κ2) is 11.7. The lowest BCUT2D eigenvalue weighted by molar-refractivity contribution is -0.148. The number of aromatic hydroxyl groups is 1. The third-order valence-corrected chi connectivity index (χ3v) is 10.3. The van der Waals surface area contributed by atoms with Crippen molar-refractivity contribution in [2.24, 2.45) is 17.6 Å². The maximum atomic E-state index is 14.3. The van der Waals surface area contributed by atoms with E-state index in [1.54, 1.807) is 31.9 Å². The normalized spacial score (nSPS) is 24.5. The molecular weight excluding hydrogens is 608 g/mol. The van der Waals surface area contributed by atoms with Crippen LogP contribution in [0.2, 0.25) is 0 Å². The minimum absolute atomic E-state index is 0.0249. The number of nitrogens with two attached hydrogens (primary N) is 1. The summed E-state index contributed by atoms with van der Waals surface area (Å²) in [7, 11) is 6.86. The summed E-state index contributed by atoms with van der Waals surface area (Å²) < 4.78 is -0.0249. The average Bonchev–Trinajstić information content (AvgIpc) is 2.94. The van der Waals surface area contributed by atoms with Gasteiger partial charge < -0.3 is 36.4 Å². The summed E-state index contributed by atoms with van der Waals surface area (Å²) in [5, 5.41) is 49.4. The molecule has 0 aliphatic heterocycles. The molecule has 46 heavy (non-hydrogen) atoms. The van der Waals surface area contributed by atoms with Gasteiger partial charge in [0.05, 0.1) is 17.3 Å². The number of ketones is 2. The van der Waals surface area contributed by atoms with E-state index >= 15 is 0 Å². The molecule has 5 rings (SSSR count). The molecule has 12 heteroatoms. The van der Waals surface area contributed by atoms with Gasteiger partial charge in [0.1, 0.15) is 22.8 Å². The number of anilines is 2. The summed E-state index contributed by atoms with van der Waals surface area (Å²) in [6.07, 6.45) is 0.239. The van der Waals surface area contributed by atoms with Crippen LogP contribution in [0.5, 0.6) is 5.75 Å². The van der Waals surface area contributed by atoms with Gasteiger partial charge in [0.25, 0.3) is 5.91 Å². The lowest BCUT2D eigenvalue weighted by atomic mass is 9.58. The number of carbonyl (C=O) groups excluding carboxylic acids is 3. The first-order valence-corrected chi connectivity index (χ1v) is 15.9. The lowest BCUT2D eigenvalue weighted by Crippen LogP contribution is -2.63. The van der Waals surface area contributed by atoms with Gasteiger partial charge >= 0.3 is 0 Å². The van der Waals surface area contributed by atoms with E-state index in [1.165, 1.54) is 4.90 Å². The molecule has 1 amide bonds. The van der Waals surface area contributed by atoms with Gasteiger partial charge in [-0.2, -0.15) is 0 Å². The first kappa shape index (κ1) is 33.4. The quantitative estimate of drug-likeness (QED) is 0.146. The Balaban J connectivity index is 1.61. The molecule has 0 heterocycles. The summed E-state index contributed by atoms with van der Waals surface area (Å²) in [6, 6.07) is 8.69. The van der Waals surface area contributed by atoms with Crippen molar-refractivity contribution in [3.8, 4) is 5.75 Å². The van der Waals surface area contributed by atoms with Crippen LogP contribution in [0.3, 0.4) is 0 Å². The Kier molecular flexibility index (Phi) is 8.46. The number of phenolic OH excluding ortho intramolecular Hbond substituents is 1. The first-order valence-electron chi connectivity index (χ1n) is 15.1. The molecule has 0 bridgehead atoms. The number of rotatable bonds is 7. The van der Waals surface area contributed by atoms with Gasteiger partial charge in [0, 0.05) is 47.5 Å². The molecule has 0 spiro atoms. The summed E-state index contributed by atoms with van der Waals surface area (Å²) in [6.45, 7) is 6.74. The molecule has 3 aliphatic carbocycles. The Morgan fingerprint density at radius 3 is 2.35 bits per heavy atom. The first-order chi connectivity index (χ1) is 21.4. The fourth-order valence-corrected chi connectivity index (χ4v) is 8.18. The number of benzene rings is 2. The number of phenols is 1. The number of thioether (sulfide) groups is 1. The van der Waals surface area contributed by atoms with Crippen molar-refractivity contribution in [2.75, 3.05) is 38.4 Å². The molecule has 0 saturated carbocycles. The van der Waals surface area contributed by atoms with Crippen LogP contribution in [0.4, 0.5) is 11.4 Å². The molecule has 0 radical (unpaired) electrons. The van der Waals surface area contributed by atoms with Crippen LogP contribution in [-0.4, -0.2) is 87.4 Å². The fraction of sp³-hybridized carbons (Fsp3) is 0.441. The zero-order chi connectivity index (χ0) is 34.0. The number of fused-ring (bicyclic) bond motifs is 3. The predicted molar refractivity (Wildman–Crippen MR) is 177 cm³/mol. The molecule has 2 aromatic rings. The fourth-order valence-electron chi connectivity index (χ4n) is 7.10. The van der Waals surface area contributed by atoms with Crippen LogP contribution >= 0.6 is 11.8 Å². The Labute approximate surface area is 272 Å². The summed E-state index contributed by atoms with van der Waals surface area (Å²) in [5.41, 5.74) is 4.25. The van der Waals surface area contributed by atoms with Gasteiger partial charge in [-0.3, -0.25) is 19.3 Å². The SMILES string of the molecule is CN(C)c1cc(NCc2ccccc2SC(C)(C)C)c(O)c2c1CC1CC3C(N(C)C)C(O)=C(C(N)=O)C(=O)C3(O)C(O)=C1C2=O. The molecule has 3 aliphatic rings. The number of carbonyl (C=O) groups is 3. The smallest absolute Gasteiger partial charge is 0.255 e. The molecule has 4 unspecified atom stereocenters. The number of primary amides is 1. The highest BCUT2D eigenvalue weighted by Crippen LogP contribution is 2.54. The van der Waals surface area contributed by atoms with Crippen molar-refractivity contribution in [3.63, 3.8) is 0 Å². The van der Waals surface area contributed by atoms with E-state index < -0.39 is 58.0 Å². The van der Waals surface area contributed by atoms with Gasteiger partial charge in [-0.05, 0) is 56.1 Å². The van der Waals surface area contributed by atoms with Crippen LogP contribution in [0.25, 0.3) is 0 Å². The molecule has 0 aromatic heterocycles. The number of aliphatic hydroxyl groups excluding tert-OH is 2. The zero-order valence-electron chi connectivity index (χ0n) is 27.1. The predicted octanol–water partition coefficient (Wildman–Crippen LogP) is 3.69. The molecule has 11 nitrogen and oxygen atoms in total. The van der Waals surface area contributed by atoms with E-state index in [1.807, 2.05) is 43.3 Å². The molecule has 246 valence electrons. The number of likely N-dealkylation sites (N-methyl/N-ethyl adjacent to an activating group) is 1. The molecule has 2 aromatic carbocycles. The highest BCUT2D eigenvalue weighted by molar-refractivity contribution is 8.00. The summed E-state index contributed by atoms with van der Waals surface area (Å²) in [5.74, 6) is -6.76. The van der Waals surface area contributed by atoms with Gasteiger partial charge in [-0.1, -0.05) is 39.0 Å². The van der Waals surface area contributed by atoms with Gasteiger partial charge in [0.15, 0.2) is 11.4 Å². The molecular formula is C34H42N4O7S. The van der Waals surface area contributed by atoms with Crippen molar-refractivity contribution < 1.29 is 34.8 Å². The van der Waals surface area contributed by atoms with E-state index in [0.29, 0.717) is 23.5 Å². The second-order valence-electron chi connectivity index (χ2n) is 13.7. The highest BCUT2D eigenvalue weighted by atomic mass is 32.2. The van der Waals surface area contributed by atoms with E-state index in [0.717, 1.165) is 10.5 Å². The van der Waals surface area contributed by atoms with Gasteiger partial charge in [-0.15, -0.1) is 11.8 Å². The van der Waals surface area contributed by atoms with Crippen LogP contribution in [0, 0.1) is 11.8 Å². The molecule has 7 N–H and O–H groups in total. The minimum atomic E-state index is -2.69. The van der Waals surface area contributed by atoms with Crippen molar-refractivity contribution >= 4 is 40.6 Å². The summed E-state index contributed by atoms with van der Waals surface area (Å²) in [4.78, 5) is 44.6. The Hall–Kier alpha value is -4.00. The maximum absolute atomic E-state index is 14.3. The highest BCUT2D eigenvalue weighted by Gasteiger charge is 2.63. The number of hydrogen-bond donors (Lipinski definition) is 6. The van der Waals surface area contributed by atoms with Gasteiger partial charge in [0.2, 0.25) is 5.78 Å². The number of nitrogens with zero attached hydrogens (tertiary/aromatic N) is 2. The monoisotopic (exact) mass is 650 g/mol. The van der Waals surface area contributed by atoms with Crippen LogP contribution in [-0.2, 0) is 22.6 Å². The van der Waals surface area contributed by atoms with Gasteiger partial charge in [-0.25, -0.2) is 0 Å². The molecule has 0 saturated heterocycles. The van der Waals surface area contributed by atoms with E-state index in [4.69, 9.17) is 5.73 Å². The molecule has 4 atom stereocenters. The Bertz CT molecular complexity index is 1710.